The maximum atomic E-state index is 13.4. The van der Waals surface area contributed by atoms with Crippen LogP contribution in [-0.2, 0) is 0 Å². The SMILES string of the molecule is CCC(CC)(CO)CNC(=O)c1c(F)cccc1F. The van der Waals surface area contributed by atoms with Crippen LogP contribution >= 0.6 is 0 Å². The summed E-state index contributed by atoms with van der Waals surface area (Å²) in [5.41, 5.74) is -1.03. The van der Waals surface area contributed by atoms with E-state index in [1.807, 2.05) is 13.8 Å². The molecule has 19 heavy (non-hydrogen) atoms. The molecule has 0 radical (unpaired) electrons. The highest BCUT2D eigenvalue weighted by atomic mass is 19.1. The maximum Gasteiger partial charge on any atom is 0.257 e. The van der Waals surface area contributed by atoms with Crippen LogP contribution in [0.25, 0.3) is 0 Å². The molecule has 106 valence electrons. The van der Waals surface area contributed by atoms with Crippen LogP contribution in [-0.4, -0.2) is 24.2 Å². The second-order valence-electron chi connectivity index (χ2n) is 4.64. The molecule has 5 heteroatoms. The first-order valence-electron chi connectivity index (χ1n) is 6.32. The molecule has 1 amide bonds. The van der Waals surface area contributed by atoms with E-state index in [9.17, 15) is 18.7 Å². The van der Waals surface area contributed by atoms with Gasteiger partial charge in [0.1, 0.15) is 17.2 Å². The van der Waals surface area contributed by atoms with Crippen LogP contribution in [0.3, 0.4) is 0 Å². The van der Waals surface area contributed by atoms with Crippen molar-refractivity contribution >= 4 is 5.91 Å². The number of halogens is 2. The van der Waals surface area contributed by atoms with E-state index in [0.717, 1.165) is 12.1 Å². The largest absolute Gasteiger partial charge is 0.396 e. The molecule has 1 rings (SSSR count). The second-order valence-corrected chi connectivity index (χ2v) is 4.64. The minimum Gasteiger partial charge on any atom is -0.396 e. The minimum atomic E-state index is -0.889. The quantitative estimate of drug-likeness (QED) is 0.835. The third-order valence-electron chi connectivity index (χ3n) is 3.65. The third kappa shape index (κ3) is 3.50. The van der Waals surface area contributed by atoms with Crippen molar-refractivity contribution in [1.29, 1.82) is 0 Å². The highest BCUT2D eigenvalue weighted by Crippen LogP contribution is 2.24. The van der Waals surface area contributed by atoms with E-state index in [-0.39, 0.29) is 13.2 Å². The Morgan fingerprint density at radius 2 is 1.79 bits per heavy atom. The Morgan fingerprint density at radius 1 is 1.26 bits per heavy atom. The molecule has 0 aliphatic rings. The van der Waals surface area contributed by atoms with Gasteiger partial charge in [-0.05, 0) is 25.0 Å². The molecule has 0 atom stereocenters. The second kappa shape index (κ2) is 6.61. The molecule has 0 saturated carbocycles. The summed E-state index contributed by atoms with van der Waals surface area (Å²) in [4.78, 5) is 11.8. The van der Waals surface area contributed by atoms with Gasteiger partial charge in [-0.3, -0.25) is 4.79 Å². The monoisotopic (exact) mass is 271 g/mol. The van der Waals surface area contributed by atoms with E-state index >= 15 is 0 Å². The van der Waals surface area contributed by atoms with Gasteiger partial charge in [0.25, 0.3) is 5.91 Å². The van der Waals surface area contributed by atoms with Crippen molar-refractivity contribution in [3.05, 3.63) is 35.4 Å². The van der Waals surface area contributed by atoms with Crippen molar-refractivity contribution in [3.8, 4) is 0 Å². The van der Waals surface area contributed by atoms with Gasteiger partial charge >= 0.3 is 0 Å². The topological polar surface area (TPSA) is 49.3 Å². The van der Waals surface area contributed by atoms with Crippen molar-refractivity contribution in [3.63, 3.8) is 0 Å². The van der Waals surface area contributed by atoms with Crippen molar-refractivity contribution in [2.75, 3.05) is 13.2 Å². The number of benzene rings is 1. The summed E-state index contributed by atoms with van der Waals surface area (Å²) in [7, 11) is 0. The summed E-state index contributed by atoms with van der Waals surface area (Å²) in [5.74, 6) is -2.57. The van der Waals surface area contributed by atoms with Crippen LogP contribution in [0.1, 0.15) is 37.0 Å². The van der Waals surface area contributed by atoms with Gasteiger partial charge in [0.15, 0.2) is 0 Å². The molecule has 0 aliphatic carbocycles. The Labute approximate surface area is 111 Å². The lowest BCUT2D eigenvalue weighted by Crippen LogP contribution is -2.39. The van der Waals surface area contributed by atoms with Crippen LogP contribution in [0.5, 0.6) is 0 Å². The zero-order chi connectivity index (χ0) is 14.5. The zero-order valence-corrected chi connectivity index (χ0v) is 11.2. The van der Waals surface area contributed by atoms with Crippen molar-refractivity contribution < 1.29 is 18.7 Å². The number of amides is 1. The van der Waals surface area contributed by atoms with Gasteiger partial charge in [0.05, 0.1) is 6.61 Å². The van der Waals surface area contributed by atoms with Crippen LogP contribution < -0.4 is 5.32 Å². The summed E-state index contributed by atoms with van der Waals surface area (Å²) < 4.78 is 26.8. The number of nitrogens with one attached hydrogen (secondary N) is 1. The van der Waals surface area contributed by atoms with E-state index in [4.69, 9.17) is 0 Å². The number of carbonyl (C=O) groups excluding carboxylic acids is 1. The Hall–Kier alpha value is -1.49. The summed E-state index contributed by atoms with van der Waals surface area (Å²) in [5, 5.41) is 11.9. The van der Waals surface area contributed by atoms with E-state index < -0.39 is 28.5 Å². The Balaban J connectivity index is 2.81. The Morgan fingerprint density at radius 3 is 2.21 bits per heavy atom. The number of hydrogen-bond acceptors (Lipinski definition) is 2. The first-order valence-corrected chi connectivity index (χ1v) is 6.32. The molecule has 2 N–H and O–H groups in total. The van der Waals surface area contributed by atoms with Gasteiger partial charge in [-0.25, -0.2) is 8.78 Å². The lowest BCUT2D eigenvalue weighted by Gasteiger charge is -2.29. The lowest BCUT2D eigenvalue weighted by atomic mass is 9.83. The molecule has 0 saturated heterocycles. The van der Waals surface area contributed by atoms with Crippen LogP contribution in [0.2, 0.25) is 0 Å². The molecule has 3 nitrogen and oxygen atoms in total. The molecule has 0 spiro atoms. The first-order chi connectivity index (χ1) is 8.99. The zero-order valence-electron chi connectivity index (χ0n) is 11.2. The molecular formula is C14H19F2NO2. The summed E-state index contributed by atoms with van der Waals surface area (Å²) in [6.45, 7) is 3.90. The Kier molecular flexibility index (Phi) is 5.42. The van der Waals surface area contributed by atoms with E-state index in [1.165, 1.54) is 6.07 Å². The van der Waals surface area contributed by atoms with Crippen LogP contribution in [0, 0.1) is 17.0 Å². The van der Waals surface area contributed by atoms with Gasteiger partial charge in [-0.1, -0.05) is 19.9 Å². The van der Waals surface area contributed by atoms with Gasteiger partial charge < -0.3 is 10.4 Å². The number of aliphatic hydroxyl groups is 1. The summed E-state index contributed by atoms with van der Waals surface area (Å²) in [6, 6.07) is 3.28. The molecular weight excluding hydrogens is 252 g/mol. The van der Waals surface area contributed by atoms with E-state index in [1.54, 1.807) is 0 Å². The molecule has 0 fully saturated rings. The fourth-order valence-corrected chi connectivity index (χ4v) is 1.85. The number of hydrogen-bond donors (Lipinski definition) is 2. The maximum absolute atomic E-state index is 13.4. The Bertz CT molecular complexity index is 417. The molecule has 0 bridgehead atoms. The standard InChI is InChI=1S/C14H19F2NO2/c1-3-14(4-2,9-18)8-17-13(19)12-10(15)6-5-7-11(12)16/h5-7,18H,3-4,8-9H2,1-2H3,(H,17,19). The number of rotatable bonds is 6. The van der Waals surface area contributed by atoms with Crippen LogP contribution in [0.15, 0.2) is 18.2 Å². The van der Waals surface area contributed by atoms with Crippen molar-refractivity contribution in [2.24, 2.45) is 5.41 Å². The lowest BCUT2D eigenvalue weighted by molar-refractivity contribution is 0.0844. The van der Waals surface area contributed by atoms with Gasteiger partial charge in [-0.2, -0.15) is 0 Å². The molecule has 1 aromatic rings. The molecule has 1 aromatic carbocycles. The molecule has 0 aromatic heterocycles. The van der Waals surface area contributed by atoms with Gasteiger partial charge in [0.2, 0.25) is 0 Å². The first kappa shape index (κ1) is 15.6. The fourth-order valence-electron chi connectivity index (χ4n) is 1.85. The number of carbonyl (C=O) groups is 1. The molecule has 0 aliphatic heterocycles. The fraction of sp³-hybridized carbons (Fsp3) is 0.500. The molecule has 0 unspecified atom stereocenters. The minimum absolute atomic E-state index is 0.0833. The van der Waals surface area contributed by atoms with Crippen molar-refractivity contribution in [2.45, 2.75) is 26.7 Å². The normalized spacial score (nSPS) is 11.4. The third-order valence-corrected chi connectivity index (χ3v) is 3.65. The number of aliphatic hydroxyl groups excluding tert-OH is 1. The average molecular weight is 271 g/mol. The average Bonchev–Trinajstić information content (AvgIpc) is 2.41. The van der Waals surface area contributed by atoms with Crippen LogP contribution in [0.4, 0.5) is 8.78 Å². The van der Waals surface area contributed by atoms with E-state index in [0.29, 0.717) is 12.8 Å². The summed E-state index contributed by atoms with van der Waals surface area (Å²) >= 11 is 0. The van der Waals surface area contributed by atoms with E-state index in [2.05, 4.69) is 5.32 Å². The van der Waals surface area contributed by atoms with Gasteiger partial charge in [0, 0.05) is 12.0 Å². The summed E-state index contributed by atoms with van der Waals surface area (Å²) in [6.07, 6.45) is 1.33. The highest BCUT2D eigenvalue weighted by molar-refractivity contribution is 5.94. The molecule has 0 heterocycles. The van der Waals surface area contributed by atoms with Crippen molar-refractivity contribution in [1.82, 2.24) is 5.32 Å². The van der Waals surface area contributed by atoms with Gasteiger partial charge in [-0.15, -0.1) is 0 Å². The predicted molar refractivity (Wildman–Crippen MR) is 68.8 cm³/mol. The smallest absolute Gasteiger partial charge is 0.257 e. The predicted octanol–water partition coefficient (Wildman–Crippen LogP) is 2.49. The highest BCUT2D eigenvalue weighted by Gasteiger charge is 2.27.